The van der Waals surface area contributed by atoms with E-state index >= 15 is 0 Å². The molecule has 1 rings (SSSR count). The highest BCUT2D eigenvalue weighted by Gasteiger charge is 2.06. The molecule has 0 saturated carbocycles. The molecule has 0 fully saturated rings. The summed E-state index contributed by atoms with van der Waals surface area (Å²) in [7, 11) is 4.16. The standard InChI is InChI=1S/C14H22N2O/c1-5-16(9-8-15(3)4)14-7-6-13(11-17)12(2)10-14/h6-7,10-11H,5,8-9H2,1-4H3. The molecule has 1 aromatic rings. The zero-order chi connectivity index (χ0) is 12.8. The lowest BCUT2D eigenvalue weighted by Gasteiger charge is -2.25. The third kappa shape index (κ3) is 3.86. The summed E-state index contributed by atoms with van der Waals surface area (Å²) in [6.07, 6.45) is 0.912. The van der Waals surface area contributed by atoms with Crippen molar-refractivity contribution in [1.82, 2.24) is 4.90 Å². The molecular formula is C14H22N2O. The van der Waals surface area contributed by atoms with Crippen molar-refractivity contribution in [2.75, 3.05) is 38.6 Å². The van der Waals surface area contributed by atoms with Gasteiger partial charge in [0, 0.05) is 30.9 Å². The molecular weight excluding hydrogens is 212 g/mol. The molecule has 3 nitrogen and oxygen atoms in total. The Kier molecular flexibility index (Phi) is 5.16. The number of carbonyl (C=O) groups is 1. The summed E-state index contributed by atoms with van der Waals surface area (Å²) in [6.45, 7) is 7.14. The van der Waals surface area contributed by atoms with Crippen molar-refractivity contribution in [2.24, 2.45) is 0 Å². The lowest BCUT2D eigenvalue weighted by atomic mass is 10.1. The third-order valence-corrected chi connectivity index (χ3v) is 2.94. The van der Waals surface area contributed by atoms with Gasteiger partial charge in [-0.2, -0.15) is 0 Å². The van der Waals surface area contributed by atoms with Crippen LogP contribution in [0.4, 0.5) is 5.69 Å². The van der Waals surface area contributed by atoms with Crippen molar-refractivity contribution in [3.63, 3.8) is 0 Å². The third-order valence-electron chi connectivity index (χ3n) is 2.94. The van der Waals surface area contributed by atoms with Crippen LogP contribution in [-0.4, -0.2) is 44.9 Å². The number of rotatable bonds is 6. The quantitative estimate of drug-likeness (QED) is 0.705. The second kappa shape index (κ2) is 6.40. The average molecular weight is 234 g/mol. The van der Waals surface area contributed by atoms with E-state index in [1.807, 2.05) is 19.1 Å². The fourth-order valence-corrected chi connectivity index (χ4v) is 1.78. The van der Waals surface area contributed by atoms with E-state index in [0.717, 1.165) is 37.0 Å². The van der Waals surface area contributed by atoms with Crippen LogP contribution in [0.25, 0.3) is 0 Å². The minimum atomic E-state index is 0.775. The fourth-order valence-electron chi connectivity index (χ4n) is 1.78. The highest BCUT2D eigenvalue weighted by atomic mass is 16.1. The van der Waals surface area contributed by atoms with E-state index in [1.165, 1.54) is 5.69 Å². The Morgan fingerprint density at radius 3 is 2.41 bits per heavy atom. The largest absolute Gasteiger partial charge is 0.371 e. The molecule has 0 bridgehead atoms. The molecule has 0 aliphatic rings. The van der Waals surface area contributed by atoms with Gasteiger partial charge in [-0.15, -0.1) is 0 Å². The van der Waals surface area contributed by atoms with Crippen LogP contribution in [0.3, 0.4) is 0 Å². The monoisotopic (exact) mass is 234 g/mol. The molecule has 0 aromatic heterocycles. The van der Waals surface area contributed by atoms with Gasteiger partial charge in [-0.3, -0.25) is 4.79 Å². The fraction of sp³-hybridized carbons (Fsp3) is 0.500. The normalized spacial score (nSPS) is 10.6. The number of hydrogen-bond acceptors (Lipinski definition) is 3. The zero-order valence-corrected chi connectivity index (χ0v) is 11.2. The van der Waals surface area contributed by atoms with Crippen molar-refractivity contribution in [1.29, 1.82) is 0 Å². The van der Waals surface area contributed by atoms with Crippen molar-refractivity contribution >= 4 is 12.0 Å². The van der Waals surface area contributed by atoms with Gasteiger partial charge < -0.3 is 9.80 Å². The van der Waals surface area contributed by atoms with Crippen molar-refractivity contribution in [2.45, 2.75) is 13.8 Å². The number of anilines is 1. The van der Waals surface area contributed by atoms with Crippen LogP contribution < -0.4 is 4.90 Å². The molecule has 0 amide bonds. The molecule has 17 heavy (non-hydrogen) atoms. The van der Waals surface area contributed by atoms with Crippen LogP contribution in [0, 0.1) is 6.92 Å². The van der Waals surface area contributed by atoms with Crippen LogP contribution in [0.5, 0.6) is 0 Å². The van der Waals surface area contributed by atoms with E-state index < -0.39 is 0 Å². The first-order chi connectivity index (χ1) is 8.08. The highest BCUT2D eigenvalue weighted by Crippen LogP contribution is 2.18. The van der Waals surface area contributed by atoms with Crippen LogP contribution >= 0.6 is 0 Å². The van der Waals surface area contributed by atoms with E-state index in [9.17, 15) is 4.79 Å². The first kappa shape index (κ1) is 13.7. The average Bonchev–Trinajstić information content (AvgIpc) is 2.29. The maximum absolute atomic E-state index is 10.8. The van der Waals surface area contributed by atoms with Gasteiger partial charge in [-0.05, 0) is 51.7 Å². The number of nitrogens with zero attached hydrogens (tertiary/aromatic N) is 2. The molecule has 0 atom stereocenters. The predicted molar refractivity (Wildman–Crippen MR) is 73.0 cm³/mol. The Morgan fingerprint density at radius 1 is 1.24 bits per heavy atom. The van der Waals surface area contributed by atoms with E-state index in [1.54, 1.807) is 0 Å². The number of benzene rings is 1. The van der Waals surface area contributed by atoms with Gasteiger partial charge in [0.25, 0.3) is 0 Å². The molecule has 0 N–H and O–H groups in total. The number of aryl methyl sites for hydroxylation is 1. The van der Waals surface area contributed by atoms with Gasteiger partial charge in [0.05, 0.1) is 0 Å². The molecule has 0 aliphatic carbocycles. The SMILES string of the molecule is CCN(CCN(C)C)c1ccc(C=O)c(C)c1. The summed E-state index contributed by atoms with van der Waals surface area (Å²) in [5.74, 6) is 0. The summed E-state index contributed by atoms with van der Waals surface area (Å²) in [6, 6.07) is 6.01. The number of aldehydes is 1. The van der Waals surface area contributed by atoms with Crippen LogP contribution in [-0.2, 0) is 0 Å². The molecule has 0 radical (unpaired) electrons. The highest BCUT2D eigenvalue weighted by molar-refractivity contribution is 5.78. The number of hydrogen-bond donors (Lipinski definition) is 0. The lowest BCUT2D eigenvalue weighted by molar-refractivity contribution is 0.112. The van der Waals surface area contributed by atoms with Crippen LogP contribution in [0.1, 0.15) is 22.8 Å². The van der Waals surface area contributed by atoms with Crippen LogP contribution in [0.2, 0.25) is 0 Å². The van der Waals surface area contributed by atoms with Crippen molar-refractivity contribution in [3.8, 4) is 0 Å². The molecule has 0 heterocycles. The lowest BCUT2D eigenvalue weighted by Crippen LogP contribution is -2.31. The Bertz CT molecular complexity index is 374. The topological polar surface area (TPSA) is 23.6 Å². The second-order valence-corrected chi connectivity index (χ2v) is 4.54. The minimum absolute atomic E-state index is 0.775. The Hall–Kier alpha value is -1.35. The van der Waals surface area contributed by atoms with Gasteiger partial charge in [0.2, 0.25) is 0 Å². The second-order valence-electron chi connectivity index (χ2n) is 4.54. The number of carbonyl (C=O) groups excluding carboxylic acids is 1. The van der Waals surface area contributed by atoms with Crippen molar-refractivity contribution in [3.05, 3.63) is 29.3 Å². The maximum atomic E-state index is 10.8. The van der Waals surface area contributed by atoms with Crippen LogP contribution in [0.15, 0.2) is 18.2 Å². The molecule has 0 aliphatic heterocycles. The Labute approximate surface area is 104 Å². The molecule has 3 heteroatoms. The predicted octanol–water partition coefficient (Wildman–Crippen LogP) is 2.20. The van der Waals surface area contributed by atoms with Gasteiger partial charge in [-0.25, -0.2) is 0 Å². The van der Waals surface area contributed by atoms with Gasteiger partial charge in [0.1, 0.15) is 6.29 Å². The van der Waals surface area contributed by atoms with E-state index in [-0.39, 0.29) is 0 Å². The molecule has 0 spiro atoms. The first-order valence-corrected chi connectivity index (χ1v) is 6.04. The maximum Gasteiger partial charge on any atom is 0.150 e. The first-order valence-electron chi connectivity index (χ1n) is 6.04. The Balaban J connectivity index is 2.81. The van der Waals surface area contributed by atoms with Crippen molar-refractivity contribution < 1.29 is 4.79 Å². The summed E-state index contributed by atoms with van der Waals surface area (Å²) in [4.78, 5) is 15.3. The summed E-state index contributed by atoms with van der Waals surface area (Å²) >= 11 is 0. The Morgan fingerprint density at radius 2 is 1.94 bits per heavy atom. The molecule has 0 saturated heterocycles. The number of likely N-dealkylation sites (N-methyl/N-ethyl adjacent to an activating group) is 2. The molecule has 94 valence electrons. The van der Waals surface area contributed by atoms with Gasteiger partial charge in [0.15, 0.2) is 0 Å². The minimum Gasteiger partial charge on any atom is -0.371 e. The van der Waals surface area contributed by atoms with E-state index in [4.69, 9.17) is 0 Å². The van der Waals surface area contributed by atoms with E-state index in [0.29, 0.717) is 0 Å². The summed E-state index contributed by atoms with van der Waals surface area (Å²) in [5, 5.41) is 0. The summed E-state index contributed by atoms with van der Waals surface area (Å²) < 4.78 is 0. The zero-order valence-electron chi connectivity index (χ0n) is 11.2. The molecule has 0 unspecified atom stereocenters. The van der Waals surface area contributed by atoms with Gasteiger partial charge in [-0.1, -0.05) is 0 Å². The van der Waals surface area contributed by atoms with E-state index in [2.05, 4.69) is 36.9 Å². The molecule has 1 aromatic carbocycles. The van der Waals surface area contributed by atoms with Gasteiger partial charge >= 0.3 is 0 Å². The smallest absolute Gasteiger partial charge is 0.150 e. The summed E-state index contributed by atoms with van der Waals surface area (Å²) in [5.41, 5.74) is 3.01.